The van der Waals surface area contributed by atoms with Gasteiger partial charge in [0.2, 0.25) is 10.0 Å². The molecule has 0 aromatic heterocycles. The monoisotopic (exact) mass is 315 g/mol. The normalized spacial score (nSPS) is 12.9. The molecule has 0 aliphatic heterocycles. The molecule has 0 fully saturated rings. The fourth-order valence-corrected chi connectivity index (χ4v) is 2.44. The minimum atomic E-state index is -4.41. The maximum absolute atomic E-state index is 12.6. The first kappa shape index (κ1) is 16.9. The molecule has 1 rings (SSSR count). The lowest BCUT2D eigenvalue weighted by Gasteiger charge is -2.15. The van der Waals surface area contributed by atoms with Crippen LogP contribution in [0.25, 0.3) is 0 Å². The predicted octanol–water partition coefficient (Wildman–Crippen LogP) is 1.50. The number of hydrogen-bond donors (Lipinski definition) is 2. The summed E-state index contributed by atoms with van der Waals surface area (Å²) in [5.74, 6) is -5.02. The number of nitrogens with one attached hydrogen (secondary N) is 1. The Balaban J connectivity index is 2.65. The standard InChI is InChI=1S/C11H13F4NO3S/c12-10(13)11(14,15)7-16-20(18,19)6-9-3-1-8(5-17)2-4-9/h1-4,10,16-17H,5-7H2. The molecule has 0 heterocycles. The lowest BCUT2D eigenvalue weighted by atomic mass is 10.2. The first-order valence-electron chi connectivity index (χ1n) is 5.48. The Morgan fingerprint density at radius 1 is 1.15 bits per heavy atom. The number of hydrogen-bond acceptors (Lipinski definition) is 3. The largest absolute Gasteiger partial charge is 0.392 e. The van der Waals surface area contributed by atoms with Crippen LogP contribution >= 0.6 is 0 Å². The van der Waals surface area contributed by atoms with E-state index in [0.717, 1.165) is 0 Å². The van der Waals surface area contributed by atoms with Crippen LogP contribution in [0, 0.1) is 0 Å². The Morgan fingerprint density at radius 2 is 1.65 bits per heavy atom. The van der Waals surface area contributed by atoms with Crippen LogP contribution < -0.4 is 4.72 Å². The van der Waals surface area contributed by atoms with E-state index >= 15 is 0 Å². The lowest BCUT2D eigenvalue weighted by Crippen LogP contribution is -2.41. The molecule has 0 radical (unpaired) electrons. The van der Waals surface area contributed by atoms with E-state index in [-0.39, 0.29) is 12.2 Å². The summed E-state index contributed by atoms with van der Waals surface area (Å²) in [6.07, 6.45) is -3.94. The third-order valence-electron chi connectivity index (χ3n) is 2.41. The fraction of sp³-hybridized carbons (Fsp3) is 0.455. The molecule has 20 heavy (non-hydrogen) atoms. The van der Waals surface area contributed by atoms with Crippen molar-refractivity contribution in [1.82, 2.24) is 4.72 Å². The molecule has 1 aromatic carbocycles. The minimum Gasteiger partial charge on any atom is -0.392 e. The highest BCUT2D eigenvalue weighted by Crippen LogP contribution is 2.22. The minimum absolute atomic E-state index is 0.216. The topological polar surface area (TPSA) is 66.4 Å². The summed E-state index contributed by atoms with van der Waals surface area (Å²) in [7, 11) is -4.15. The average molecular weight is 315 g/mol. The highest BCUT2D eigenvalue weighted by atomic mass is 32.2. The number of rotatable bonds is 7. The number of sulfonamides is 1. The summed E-state index contributed by atoms with van der Waals surface area (Å²) in [6, 6.07) is 5.74. The van der Waals surface area contributed by atoms with Crippen molar-refractivity contribution in [2.75, 3.05) is 6.54 Å². The maximum Gasteiger partial charge on any atom is 0.320 e. The van der Waals surface area contributed by atoms with Crippen molar-refractivity contribution in [2.24, 2.45) is 0 Å². The summed E-state index contributed by atoms with van der Waals surface area (Å²) < 4.78 is 73.4. The third-order valence-corrected chi connectivity index (χ3v) is 3.71. The molecule has 1 aromatic rings. The Bertz CT molecular complexity index is 531. The molecule has 4 nitrogen and oxygen atoms in total. The van der Waals surface area contributed by atoms with Gasteiger partial charge >= 0.3 is 12.3 Å². The molecular weight excluding hydrogens is 302 g/mol. The van der Waals surface area contributed by atoms with Gasteiger partial charge in [0, 0.05) is 0 Å². The molecule has 114 valence electrons. The van der Waals surface area contributed by atoms with Crippen molar-refractivity contribution >= 4 is 10.0 Å². The van der Waals surface area contributed by atoms with Crippen LogP contribution in [0.1, 0.15) is 11.1 Å². The molecule has 0 spiro atoms. The van der Waals surface area contributed by atoms with Gasteiger partial charge in [-0.05, 0) is 11.1 Å². The van der Waals surface area contributed by atoms with E-state index in [1.165, 1.54) is 29.0 Å². The van der Waals surface area contributed by atoms with Crippen molar-refractivity contribution < 1.29 is 31.1 Å². The summed E-state index contributed by atoms with van der Waals surface area (Å²) in [6.45, 7) is -1.87. The number of alkyl halides is 4. The van der Waals surface area contributed by atoms with E-state index in [4.69, 9.17) is 5.11 Å². The van der Waals surface area contributed by atoms with Gasteiger partial charge in [-0.2, -0.15) is 8.78 Å². The van der Waals surface area contributed by atoms with E-state index < -0.39 is 34.7 Å². The van der Waals surface area contributed by atoms with Crippen molar-refractivity contribution in [3.05, 3.63) is 35.4 Å². The summed E-state index contributed by atoms with van der Waals surface area (Å²) in [4.78, 5) is 0. The summed E-state index contributed by atoms with van der Waals surface area (Å²) in [5.41, 5.74) is 0.846. The third kappa shape index (κ3) is 5.06. The van der Waals surface area contributed by atoms with Crippen LogP contribution in [0.5, 0.6) is 0 Å². The SMILES string of the molecule is O=S(=O)(Cc1ccc(CO)cc1)NCC(F)(F)C(F)F. The molecule has 9 heteroatoms. The van der Waals surface area contributed by atoms with Gasteiger partial charge in [-0.15, -0.1) is 0 Å². The van der Waals surface area contributed by atoms with E-state index in [1.807, 2.05) is 0 Å². The highest BCUT2D eigenvalue weighted by Gasteiger charge is 2.41. The molecule has 0 saturated heterocycles. The second-order valence-corrected chi connectivity index (χ2v) is 5.92. The Kier molecular flexibility index (Phi) is 5.49. The van der Waals surface area contributed by atoms with Gasteiger partial charge in [0.1, 0.15) is 0 Å². The maximum atomic E-state index is 12.6. The van der Waals surface area contributed by atoms with Crippen molar-refractivity contribution in [3.8, 4) is 0 Å². The van der Waals surface area contributed by atoms with Gasteiger partial charge in [-0.1, -0.05) is 24.3 Å². The average Bonchev–Trinajstić information content (AvgIpc) is 2.37. The predicted molar refractivity (Wildman–Crippen MR) is 63.9 cm³/mol. The second-order valence-electron chi connectivity index (χ2n) is 4.12. The zero-order valence-corrected chi connectivity index (χ0v) is 11.0. The molecule has 0 aliphatic carbocycles. The van der Waals surface area contributed by atoms with Crippen LogP contribution in [0.2, 0.25) is 0 Å². The first-order valence-corrected chi connectivity index (χ1v) is 7.13. The number of halogens is 4. The smallest absolute Gasteiger partial charge is 0.320 e. The van der Waals surface area contributed by atoms with Crippen LogP contribution in [-0.2, 0) is 22.4 Å². The molecule has 0 atom stereocenters. The Morgan fingerprint density at radius 3 is 2.10 bits per heavy atom. The zero-order valence-electron chi connectivity index (χ0n) is 10.2. The lowest BCUT2D eigenvalue weighted by molar-refractivity contribution is -0.122. The van der Waals surface area contributed by atoms with Crippen LogP contribution in [0.15, 0.2) is 24.3 Å². The van der Waals surface area contributed by atoms with Gasteiger partial charge in [-0.25, -0.2) is 21.9 Å². The van der Waals surface area contributed by atoms with Crippen molar-refractivity contribution in [3.63, 3.8) is 0 Å². The molecular formula is C11H13F4NO3S. The second kappa shape index (κ2) is 6.51. The van der Waals surface area contributed by atoms with E-state index in [9.17, 15) is 26.0 Å². The molecule has 0 unspecified atom stereocenters. The number of benzene rings is 1. The van der Waals surface area contributed by atoms with Crippen molar-refractivity contribution in [1.29, 1.82) is 0 Å². The van der Waals surface area contributed by atoms with Gasteiger partial charge in [-0.3, -0.25) is 0 Å². The molecule has 0 bridgehead atoms. The number of aliphatic hydroxyl groups excluding tert-OH is 1. The van der Waals surface area contributed by atoms with Crippen LogP contribution in [0.3, 0.4) is 0 Å². The van der Waals surface area contributed by atoms with Crippen LogP contribution in [-0.4, -0.2) is 32.4 Å². The quantitative estimate of drug-likeness (QED) is 0.749. The van der Waals surface area contributed by atoms with E-state index in [2.05, 4.69) is 0 Å². The summed E-state index contributed by atoms with van der Waals surface area (Å²) >= 11 is 0. The van der Waals surface area contributed by atoms with E-state index in [0.29, 0.717) is 5.56 Å². The molecule has 0 aliphatic rings. The Labute approximate surface area is 113 Å². The zero-order chi connectivity index (χ0) is 15.4. The van der Waals surface area contributed by atoms with Gasteiger partial charge in [0.15, 0.2) is 0 Å². The van der Waals surface area contributed by atoms with Gasteiger partial charge in [0.25, 0.3) is 0 Å². The van der Waals surface area contributed by atoms with Crippen LogP contribution in [0.4, 0.5) is 17.6 Å². The molecule has 0 saturated carbocycles. The van der Waals surface area contributed by atoms with E-state index in [1.54, 1.807) is 0 Å². The van der Waals surface area contributed by atoms with Gasteiger partial charge < -0.3 is 5.11 Å². The molecule has 2 N–H and O–H groups in total. The van der Waals surface area contributed by atoms with Crippen molar-refractivity contribution in [2.45, 2.75) is 24.7 Å². The van der Waals surface area contributed by atoms with Gasteiger partial charge in [0.05, 0.1) is 18.9 Å². The fourth-order valence-electron chi connectivity index (χ4n) is 1.29. The molecule has 0 amide bonds. The summed E-state index contributed by atoms with van der Waals surface area (Å²) in [5, 5.41) is 8.80. The Hall–Kier alpha value is -1.19. The first-order chi connectivity index (χ1) is 9.16. The highest BCUT2D eigenvalue weighted by molar-refractivity contribution is 7.88. The number of aliphatic hydroxyl groups is 1.